The van der Waals surface area contributed by atoms with Crippen molar-refractivity contribution in [3.63, 3.8) is 0 Å². The van der Waals surface area contributed by atoms with Crippen molar-refractivity contribution in [3.05, 3.63) is 59.5 Å². The molecule has 14 heteroatoms. The second-order valence-electron chi connectivity index (χ2n) is 11.3. The minimum Gasteiger partial charge on any atom is -0.341 e. The van der Waals surface area contributed by atoms with Gasteiger partial charge in [0.25, 0.3) is 0 Å². The number of likely N-dealkylation sites (N-methyl/N-ethyl adjacent to an activating group) is 1. The fourth-order valence-corrected chi connectivity index (χ4v) is 6.03. The number of carbonyl (C=O) groups is 4. The summed E-state index contributed by atoms with van der Waals surface area (Å²) in [6, 6.07) is 4.91. The number of aromatic amines is 1. The van der Waals surface area contributed by atoms with Crippen LogP contribution in [-0.2, 0) is 20.6 Å². The zero-order valence-corrected chi connectivity index (χ0v) is 23.6. The fraction of sp³-hybridized carbons (Fsp3) is 0.414. The van der Waals surface area contributed by atoms with Gasteiger partial charge >= 0.3 is 12.2 Å². The van der Waals surface area contributed by atoms with Gasteiger partial charge in [0.1, 0.15) is 11.9 Å². The topological polar surface area (TPSA) is 127 Å². The Balaban J connectivity index is 1.30. The molecule has 1 aromatic heterocycles. The number of halogens is 4. The van der Waals surface area contributed by atoms with Crippen LogP contribution < -0.4 is 10.6 Å². The molecule has 0 saturated carbocycles. The van der Waals surface area contributed by atoms with Crippen LogP contribution in [0.2, 0.25) is 0 Å². The standard InChI is InChI=1S/C29H30F4N6O4/c1-15(2)23(36-27(43)35-21-13-18(29(31,32)33)5-6-19(21)30)25(41)39-10-8-28(9-11-39)22(24(40)38(3)26(28)42)16-4-7-20-17(12-16)14-34-37-20/h4-7,12-15,22-23H,8-11H2,1-3H3,(H,34,37)(H2,35,36,43)/t22?,23-/m1/s1. The maximum absolute atomic E-state index is 14.2. The van der Waals surface area contributed by atoms with Crippen molar-refractivity contribution in [2.45, 2.75) is 44.8 Å². The predicted molar refractivity (Wildman–Crippen MR) is 147 cm³/mol. The third-order valence-corrected chi connectivity index (χ3v) is 8.39. The molecule has 5 rings (SSSR count). The van der Waals surface area contributed by atoms with Crippen LogP contribution in [0.25, 0.3) is 10.9 Å². The highest BCUT2D eigenvalue weighted by Crippen LogP contribution is 2.51. The van der Waals surface area contributed by atoms with Gasteiger partial charge in [-0.05, 0) is 54.7 Å². The smallest absolute Gasteiger partial charge is 0.341 e. The number of nitrogens with one attached hydrogen (secondary N) is 3. The minimum atomic E-state index is -4.74. The summed E-state index contributed by atoms with van der Waals surface area (Å²) in [4.78, 5) is 55.6. The predicted octanol–water partition coefficient (Wildman–Crippen LogP) is 4.26. The van der Waals surface area contributed by atoms with E-state index in [4.69, 9.17) is 0 Å². The van der Waals surface area contributed by atoms with E-state index >= 15 is 0 Å². The molecule has 1 spiro atoms. The Morgan fingerprint density at radius 3 is 2.44 bits per heavy atom. The molecule has 2 aliphatic heterocycles. The molecule has 2 saturated heterocycles. The Morgan fingerprint density at radius 1 is 1.09 bits per heavy atom. The Morgan fingerprint density at radius 2 is 1.79 bits per heavy atom. The van der Waals surface area contributed by atoms with E-state index < -0.39 is 58.5 Å². The average molecular weight is 603 g/mol. The summed E-state index contributed by atoms with van der Waals surface area (Å²) in [5, 5.41) is 12.2. The van der Waals surface area contributed by atoms with E-state index in [0.717, 1.165) is 15.8 Å². The summed E-state index contributed by atoms with van der Waals surface area (Å²) >= 11 is 0. The van der Waals surface area contributed by atoms with Crippen LogP contribution in [0.1, 0.15) is 43.7 Å². The normalized spacial score (nSPS) is 19.4. The van der Waals surface area contributed by atoms with Crippen LogP contribution in [0.3, 0.4) is 0 Å². The summed E-state index contributed by atoms with van der Waals surface area (Å²) in [5.74, 6) is -3.36. The summed E-state index contributed by atoms with van der Waals surface area (Å²) in [7, 11) is 1.45. The number of aromatic nitrogens is 2. The highest BCUT2D eigenvalue weighted by Gasteiger charge is 2.59. The van der Waals surface area contributed by atoms with Crippen LogP contribution in [0.5, 0.6) is 0 Å². The summed E-state index contributed by atoms with van der Waals surface area (Å²) < 4.78 is 53.4. The number of imide groups is 1. The Bertz CT molecular complexity index is 1600. The molecule has 2 atom stereocenters. The van der Waals surface area contributed by atoms with E-state index in [9.17, 15) is 36.7 Å². The molecule has 5 amide bonds. The number of hydrogen-bond acceptors (Lipinski definition) is 5. The maximum Gasteiger partial charge on any atom is 0.416 e. The van der Waals surface area contributed by atoms with Crippen molar-refractivity contribution in [2.75, 3.05) is 25.5 Å². The van der Waals surface area contributed by atoms with E-state index in [2.05, 4.69) is 20.8 Å². The first kappa shape index (κ1) is 30.0. The quantitative estimate of drug-likeness (QED) is 0.297. The number of fused-ring (bicyclic) bond motifs is 1. The first-order chi connectivity index (χ1) is 20.2. The number of carbonyl (C=O) groups excluding carboxylic acids is 4. The molecule has 228 valence electrons. The van der Waals surface area contributed by atoms with Gasteiger partial charge in [-0.25, -0.2) is 9.18 Å². The number of likely N-dealkylation sites (tertiary alicyclic amines) is 2. The number of benzene rings is 2. The zero-order chi connectivity index (χ0) is 31.3. The van der Waals surface area contributed by atoms with E-state index in [1.807, 2.05) is 6.07 Å². The van der Waals surface area contributed by atoms with Crippen molar-refractivity contribution in [1.82, 2.24) is 25.3 Å². The molecular formula is C29H30F4N6O4. The van der Waals surface area contributed by atoms with Crippen molar-refractivity contribution in [3.8, 4) is 0 Å². The fourth-order valence-electron chi connectivity index (χ4n) is 6.03. The van der Waals surface area contributed by atoms with E-state index in [1.165, 1.54) is 11.9 Å². The molecule has 0 bridgehead atoms. The molecular weight excluding hydrogens is 572 g/mol. The number of amides is 5. The van der Waals surface area contributed by atoms with Gasteiger partial charge < -0.3 is 15.5 Å². The van der Waals surface area contributed by atoms with Crippen molar-refractivity contribution in [1.29, 1.82) is 0 Å². The number of urea groups is 1. The number of piperidine rings is 1. The van der Waals surface area contributed by atoms with Crippen LogP contribution in [0.4, 0.5) is 28.0 Å². The van der Waals surface area contributed by atoms with E-state index in [1.54, 1.807) is 32.2 Å². The highest BCUT2D eigenvalue weighted by molar-refractivity contribution is 6.10. The molecule has 2 aromatic carbocycles. The Hall–Kier alpha value is -4.49. The largest absolute Gasteiger partial charge is 0.416 e. The zero-order valence-electron chi connectivity index (χ0n) is 23.6. The number of alkyl halides is 3. The molecule has 0 radical (unpaired) electrons. The van der Waals surface area contributed by atoms with Gasteiger partial charge in [0, 0.05) is 25.5 Å². The maximum atomic E-state index is 14.2. The minimum absolute atomic E-state index is 0.130. The summed E-state index contributed by atoms with van der Waals surface area (Å²) in [6.45, 7) is 3.61. The van der Waals surface area contributed by atoms with Gasteiger partial charge in [-0.15, -0.1) is 0 Å². The van der Waals surface area contributed by atoms with Crippen molar-refractivity contribution in [2.24, 2.45) is 11.3 Å². The SMILES string of the molecule is CC(C)[C@@H](NC(=O)Nc1cc(C(F)(F)F)ccc1F)C(=O)N1CCC2(CC1)C(=O)N(C)C(=O)C2c1ccc2[nH]ncc2c1. The molecule has 10 nitrogen and oxygen atoms in total. The number of hydrogen-bond donors (Lipinski definition) is 3. The van der Waals surface area contributed by atoms with Gasteiger partial charge in [-0.3, -0.25) is 24.4 Å². The molecule has 2 fully saturated rings. The summed E-state index contributed by atoms with van der Waals surface area (Å²) in [6.07, 6.45) is -2.70. The lowest BCUT2D eigenvalue weighted by molar-refractivity contribution is -0.144. The number of anilines is 1. The van der Waals surface area contributed by atoms with Crippen molar-refractivity contribution < 1.29 is 36.7 Å². The molecule has 1 unspecified atom stereocenters. The van der Waals surface area contributed by atoms with Gasteiger partial charge in [0.05, 0.1) is 34.3 Å². The van der Waals surface area contributed by atoms with Crippen LogP contribution in [-0.4, -0.2) is 69.9 Å². The lowest BCUT2D eigenvalue weighted by Gasteiger charge is -2.41. The lowest BCUT2D eigenvalue weighted by Crippen LogP contribution is -2.56. The third-order valence-electron chi connectivity index (χ3n) is 8.39. The molecule has 3 aromatic rings. The Kier molecular flexibility index (Phi) is 7.65. The van der Waals surface area contributed by atoms with E-state index in [-0.39, 0.29) is 37.7 Å². The number of H-pyrrole nitrogens is 1. The van der Waals surface area contributed by atoms with Gasteiger partial charge in [0.15, 0.2) is 0 Å². The lowest BCUT2D eigenvalue weighted by atomic mass is 9.67. The third kappa shape index (κ3) is 5.41. The van der Waals surface area contributed by atoms with Gasteiger partial charge in [-0.2, -0.15) is 18.3 Å². The molecule has 2 aliphatic rings. The highest BCUT2D eigenvalue weighted by atomic mass is 19.4. The van der Waals surface area contributed by atoms with Crippen LogP contribution in [0.15, 0.2) is 42.6 Å². The molecule has 3 heterocycles. The molecule has 3 N–H and O–H groups in total. The second-order valence-corrected chi connectivity index (χ2v) is 11.3. The van der Waals surface area contributed by atoms with Crippen molar-refractivity contribution >= 4 is 40.3 Å². The van der Waals surface area contributed by atoms with Crippen LogP contribution in [0, 0.1) is 17.2 Å². The first-order valence-corrected chi connectivity index (χ1v) is 13.7. The molecule has 43 heavy (non-hydrogen) atoms. The van der Waals surface area contributed by atoms with E-state index in [0.29, 0.717) is 23.8 Å². The number of rotatable bonds is 5. The van der Waals surface area contributed by atoms with Gasteiger partial charge in [0.2, 0.25) is 17.7 Å². The number of nitrogens with zero attached hydrogens (tertiary/aromatic N) is 3. The average Bonchev–Trinajstić information content (AvgIpc) is 3.49. The second kappa shape index (κ2) is 11.0. The first-order valence-electron chi connectivity index (χ1n) is 13.7. The molecule has 0 aliphatic carbocycles. The monoisotopic (exact) mass is 602 g/mol. The Labute approximate surface area is 243 Å². The van der Waals surface area contributed by atoms with Gasteiger partial charge in [-0.1, -0.05) is 19.9 Å². The summed E-state index contributed by atoms with van der Waals surface area (Å²) in [5.41, 5.74) is -1.42. The van der Waals surface area contributed by atoms with Crippen LogP contribution >= 0.6 is 0 Å².